The van der Waals surface area contributed by atoms with Crippen molar-refractivity contribution in [2.24, 2.45) is 0 Å². The molecule has 0 bridgehead atoms. The van der Waals surface area contributed by atoms with Gasteiger partial charge in [-0.1, -0.05) is 80.1 Å². The first-order valence-electron chi connectivity index (χ1n) is 17.5. The monoisotopic (exact) mass is 791 g/mol. The number of hydrogen-bond acceptors (Lipinski definition) is 14. The third kappa shape index (κ3) is 14.4. The SMILES string of the molecule is CCCCCCCCCC(=O)Oc1ccc(CO[P+]([O-])(OCc2ccc(OC(C)=O)cc2)OP(=O)(O)OC[C@@H]2C=C[C@H](n3cc(C)c([O-])nc3=O)O2)cc1. The van der Waals surface area contributed by atoms with Crippen LogP contribution in [-0.4, -0.2) is 39.1 Å². The van der Waals surface area contributed by atoms with Crippen molar-refractivity contribution in [3.05, 3.63) is 94.1 Å². The van der Waals surface area contributed by atoms with Gasteiger partial charge in [-0.25, -0.2) is 14.3 Å². The van der Waals surface area contributed by atoms with E-state index < -0.39 is 65.7 Å². The molecule has 0 saturated heterocycles. The van der Waals surface area contributed by atoms with E-state index in [0.29, 0.717) is 23.3 Å². The number of aryl methyl sites for hydroxylation is 1. The fraction of sp³-hybridized carbons (Fsp3) is 0.444. The van der Waals surface area contributed by atoms with Gasteiger partial charge >= 0.3 is 33.6 Å². The van der Waals surface area contributed by atoms with Gasteiger partial charge < -0.3 is 29.1 Å². The van der Waals surface area contributed by atoms with E-state index in [1.54, 1.807) is 12.1 Å². The zero-order valence-electron chi connectivity index (χ0n) is 30.3. The van der Waals surface area contributed by atoms with Crippen molar-refractivity contribution in [1.29, 1.82) is 0 Å². The third-order valence-corrected chi connectivity index (χ3v) is 10.9. The Labute approximate surface area is 313 Å². The summed E-state index contributed by atoms with van der Waals surface area (Å²) in [6, 6.07) is 12.1. The van der Waals surface area contributed by atoms with E-state index in [2.05, 4.69) is 11.9 Å². The fourth-order valence-corrected chi connectivity index (χ4v) is 7.67. The van der Waals surface area contributed by atoms with Crippen LogP contribution in [0.15, 0.2) is 71.7 Å². The zero-order valence-corrected chi connectivity index (χ0v) is 32.1. The number of ether oxygens (including phenoxy) is 3. The highest BCUT2D eigenvalue weighted by atomic mass is 31.3. The fourth-order valence-electron chi connectivity index (χ4n) is 5.07. The molecule has 16 nitrogen and oxygen atoms in total. The van der Waals surface area contributed by atoms with Gasteiger partial charge in [0.25, 0.3) is 0 Å². The summed E-state index contributed by atoms with van der Waals surface area (Å²) in [4.78, 5) is 63.5. The van der Waals surface area contributed by atoms with Crippen LogP contribution in [-0.2, 0) is 50.0 Å². The molecular weight excluding hydrogens is 746 g/mol. The number of nitrogens with zero attached hydrogens (tertiary/aromatic N) is 2. The molecule has 294 valence electrons. The summed E-state index contributed by atoms with van der Waals surface area (Å²) < 4.78 is 51.2. The zero-order chi connectivity index (χ0) is 39.1. The maximum absolute atomic E-state index is 13.8. The van der Waals surface area contributed by atoms with E-state index in [1.807, 2.05) is 0 Å². The summed E-state index contributed by atoms with van der Waals surface area (Å²) in [5, 5.41) is 11.7. The molecule has 1 aliphatic rings. The number of phosphoric acid groups is 2. The summed E-state index contributed by atoms with van der Waals surface area (Å²) in [7, 11) is -10.0. The Morgan fingerprint density at radius 2 is 1.50 bits per heavy atom. The molecular formula is C36H45N2O14P2-. The average molecular weight is 792 g/mol. The average Bonchev–Trinajstić information content (AvgIpc) is 3.60. The van der Waals surface area contributed by atoms with Crippen LogP contribution in [0.1, 0.15) is 88.1 Å². The highest BCUT2D eigenvalue weighted by Crippen LogP contribution is 2.67. The van der Waals surface area contributed by atoms with Gasteiger partial charge in [-0.3, -0.25) is 18.7 Å². The minimum Gasteiger partial charge on any atom is -0.858 e. The van der Waals surface area contributed by atoms with E-state index in [4.69, 9.17) is 32.1 Å². The predicted octanol–water partition coefficient (Wildman–Crippen LogP) is 5.66. The number of esters is 2. The lowest BCUT2D eigenvalue weighted by Crippen LogP contribution is -2.29. The van der Waals surface area contributed by atoms with Gasteiger partial charge in [0.15, 0.2) is 6.23 Å². The molecule has 18 heteroatoms. The van der Waals surface area contributed by atoms with Crippen LogP contribution in [0.4, 0.5) is 0 Å². The van der Waals surface area contributed by atoms with E-state index in [9.17, 15) is 33.8 Å². The predicted molar refractivity (Wildman–Crippen MR) is 192 cm³/mol. The van der Waals surface area contributed by atoms with Crippen molar-refractivity contribution in [1.82, 2.24) is 9.55 Å². The van der Waals surface area contributed by atoms with Crippen LogP contribution < -0.4 is 25.2 Å². The largest absolute Gasteiger partial charge is 0.858 e. The Balaban J connectivity index is 1.34. The molecule has 0 fully saturated rings. The minimum absolute atomic E-state index is 0.212. The van der Waals surface area contributed by atoms with Crippen molar-refractivity contribution in [2.75, 3.05) is 6.61 Å². The van der Waals surface area contributed by atoms with Gasteiger partial charge in [0, 0.05) is 19.5 Å². The van der Waals surface area contributed by atoms with Crippen molar-refractivity contribution in [3.8, 4) is 17.4 Å². The van der Waals surface area contributed by atoms with Crippen LogP contribution in [0.5, 0.6) is 17.4 Å². The molecule has 0 radical (unpaired) electrons. The maximum Gasteiger partial charge on any atom is 0.510 e. The van der Waals surface area contributed by atoms with Crippen molar-refractivity contribution in [2.45, 2.75) is 97.7 Å². The Bertz CT molecular complexity index is 1820. The minimum atomic E-state index is -5.16. The van der Waals surface area contributed by atoms with Crippen LogP contribution >= 0.6 is 16.0 Å². The number of phosphoric ester groups is 2. The van der Waals surface area contributed by atoms with Gasteiger partial charge in [-0.2, -0.15) is 9.05 Å². The molecule has 2 unspecified atom stereocenters. The van der Waals surface area contributed by atoms with Gasteiger partial charge in [-0.15, -0.1) is 0 Å². The molecule has 4 atom stereocenters. The summed E-state index contributed by atoms with van der Waals surface area (Å²) in [6.45, 7) is 3.50. The molecule has 4 rings (SSSR count). The second-order valence-electron chi connectivity index (χ2n) is 12.4. The Morgan fingerprint density at radius 1 is 0.926 bits per heavy atom. The van der Waals surface area contributed by atoms with E-state index in [0.717, 1.165) is 30.3 Å². The van der Waals surface area contributed by atoms with Crippen LogP contribution in [0.3, 0.4) is 0 Å². The second kappa shape index (κ2) is 20.7. The van der Waals surface area contributed by atoms with Gasteiger partial charge in [0.05, 0.1) is 6.61 Å². The molecule has 2 heterocycles. The number of carbonyl (C=O) groups excluding carboxylic acids is 2. The van der Waals surface area contributed by atoms with E-state index >= 15 is 0 Å². The van der Waals surface area contributed by atoms with Crippen molar-refractivity contribution >= 4 is 27.9 Å². The lowest BCUT2D eigenvalue weighted by molar-refractivity contribution is -0.276. The number of rotatable bonds is 22. The van der Waals surface area contributed by atoms with Crippen molar-refractivity contribution in [3.63, 3.8) is 0 Å². The van der Waals surface area contributed by atoms with Gasteiger partial charge in [0.1, 0.15) is 30.8 Å². The molecule has 3 aromatic rings. The van der Waals surface area contributed by atoms with Crippen LogP contribution in [0, 0.1) is 6.92 Å². The molecule has 1 N–H and O–H groups in total. The molecule has 1 aromatic heterocycles. The normalized spacial score (nSPS) is 17.5. The topological polar surface area (TPSA) is 217 Å². The molecule has 0 aliphatic carbocycles. The molecule has 0 saturated carbocycles. The Hall–Kier alpha value is -3.82. The standard InChI is InChI=1S/C36H46N2O14P2/c1-4-5-6-7-8-9-10-11-34(40)51-31-18-14-29(15-19-31)24-48-54(45,47-23-28-12-16-30(17-13-28)49-27(3)39)52-53(43,44)46-25-32-20-21-33(50-32)38-22-26(2)35(41)37-36(38)42/h12-22,32-33H,4-11,23-25H2,1-3H3,(H,43,44)(H,37,41,42)/p-1/t32-,33+,54?/m0/s1. The van der Waals surface area contributed by atoms with Gasteiger partial charge in [-0.05, 0) is 66.3 Å². The van der Waals surface area contributed by atoms with Crippen LogP contribution in [0.2, 0.25) is 0 Å². The highest BCUT2D eigenvalue weighted by Gasteiger charge is 2.44. The summed E-state index contributed by atoms with van der Waals surface area (Å²) in [6.07, 6.45) is 10.1. The summed E-state index contributed by atoms with van der Waals surface area (Å²) >= 11 is 0. The molecule has 1 aliphatic heterocycles. The molecule has 0 amide bonds. The summed E-state index contributed by atoms with van der Waals surface area (Å²) in [5.74, 6) is -0.989. The number of hydrogen-bond donors (Lipinski definition) is 1. The van der Waals surface area contributed by atoms with E-state index in [-0.39, 0.29) is 17.3 Å². The molecule has 2 aromatic carbocycles. The number of unbranched alkanes of at least 4 members (excludes halogenated alkanes) is 6. The Kier molecular flexibility index (Phi) is 16.5. The Morgan fingerprint density at radius 3 is 2.09 bits per heavy atom. The van der Waals surface area contributed by atoms with Gasteiger partial charge in [0.2, 0.25) is 0 Å². The number of aromatic nitrogens is 2. The lowest BCUT2D eigenvalue weighted by atomic mass is 10.1. The first kappa shape index (κ1) is 42.9. The smallest absolute Gasteiger partial charge is 0.510 e. The first-order valence-corrected chi connectivity index (χ1v) is 20.4. The number of benzene rings is 2. The van der Waals surface area contributed by atoms with Crippen molar-refractivity contribution < 1.29 is 61.1 Å². The molecule has 0 spiro atoms. The van der Waals surface area contributed by atoms with Crippen LogP contribution in [0.25, 0.3) is 0 Å². The molecule has 54 heavy (non-hydrogen) atoms. The second-order valence-corrected chi connectivity index (χ2v) is 15.7. The summed E-state index contributed by atoms with van der Waals surface area (Å²) in [5.41, 5.74) is 0.234. The van der Waals surface area contributed by atoms with E-state index in [1.165, 1.54) is 87.9 Å². The number of carbonyl (C=O) groups is 2. The highest BCUT2D eigenvalue weighted by molar-refractivity contribution is 7.64. The third-order valence-electron chi connectivity index (χ3n) is 7.88. The maximum atomic E-state index is 13.8. The lowest BCUT2D eigenvalue weighted by Gasteiger charge is -2.26. The quantitative estimate of drug-likeness (QED) is 0.0427. The first-order chi connectivity index (χ1) is 25.7.